The van der Waals surface area contributed by atoms with Crippen molar-refractivity contribution in [2.45, 2.75) is 24.0 Å². The molecule has 3 rings (SSSR count). The number of nitrogens with zero attached hydrogens (tertiary/aromatic N) is 3. The number of sulfonamides is 1. The van der Waals surface area contributed by atoms with Gasteiger partial charge in [0, 0.05) is 6.04 Å². The van der Waals surface area contributed by atoms with Crippen molar-refractivity contribution < 1.29 is 12.8 Å². The number of nitrogens with two attached hydrogens (primary N) is 1. The molecular formula is C11H10ClFN4O2S. The molecule has 106 valence electrons. The van der Waals surface area contributed by atoms with Crippen LogP contribution in [0.5, 0.6) is 0 Å². The zero-order valence-corrected chi connectivity index (χ0v) is 11.7. The topological polar surface area (TPSA) is 90.9 Å². The Morgan fingerprint density at radius 2 is 2.05 bits per heavy atom. The smallest absolute Gasteiger partial charge is 0.273 e. The monoisotopic (exact) mass is 316 g/mol. The van der Waals surface area contributed by atoms with E-state index in [0.717, 1.165) is 12.8 Å². The quantitative estimate of drug-likeness (QED) is 0.933. The van der Waals surface area contributed by atoms with Gasteiger partial charge in [0.1, 0.15) is 5.82 Å². The number of halogens is 2. The molecule has 1 saturated carbocycles. The molecular weight excluding hydrogens is 307 g/mol. The van der Waals surface area contributed by atoms with Crippen LogP contribution in [0.4, 0.5) is 4.39 Å². The van der Waals surface area contributed by atoms with Crippen molar-refractivity contribution in [2.75, 3.05) is 0 Å². The molecule has 1 aliphatic rings. The molecule has 0 spiro atoms. The van der Waals surface area contributed by atoms with E-state index in [2.05, 4.69) is 10.2 Å². The second kappa shape index (κ2) is 4.51. The van der Waals surface area contributed by atoms with Gasteiger partial charge in [0.2, 0.25) is 0 Å². The summed E-state index contributed by atoms with van der Waals surface area (Å²) >= 11 is 5.98. The van der Waals surface area contributed by atoms with Crippen LogP contribution >= 0.6 is 11.6 Å². The van der Waals surface area contributed by atoms with Crippen LogP contribution in [-0.2, 0) is 10.0 Å². The van der Waals surface area contributed by atoms with E-state index in [9.17, 15) is 12.8 Å². The summed E-state index contributed by atoms with van der Waals surface area (Å²) in [4.78, 5) is 0. The van der Waals surface area contributed by atoms with Crippen LogP contribution in [0.25, 0.3) is 11.4 Å². The first-order valence-corrected chi connectivity index (χ1v) is 7.74. The van der Waals surface area contributed by atoms with Gasteiger partial charge in [0.25, 0.3) is 15.2 Å². The fourth-order valence-corrected chi connectivity index (χ4v) is 2.93. The Labute approximate surface area is 119 Å². The van der Waals surface area contributed by atoms with E-state index in [-0.39, 0.29) is 27.6 Å². The lowest BCUT2D eigenvalue weighted by Crippen LogP contribution is -2.18. The molecule has 1 aromatic carbocycles. The van der Waals surface area contributed by atoms with E-state index >= 15 is 0 Å². The fourth-order valence-electron chi connectivity index (χ4n) is 2.01. The van der Waals surface area contributed by atoms with E-state index in [0.29, 0.717) is 0 Å². The second-order valence-electron chi connectivity index (χ2n) is 4.55. The summed E-state index contributed by atoms with van der Waals surface area (Å²) in [5, 5.41) is 12.2. The van der Waals surface area contributed by atoms with E-state index in [1.165, 1.54) is 22.8 Å². The van der Waals surface area contributed by atoms with Gasteiger partial charge in [0.05, 0.1) is 10.6 Å². The van der Waals surface area contributed by atoms with Gasteiger partial charge >= 0.3 is 0 Å². The lowest BCUT2D eigenvalue weighted by Gasteiger charge is -2.09. The van der Waals surface area contributed by atoms with Gasteiger partial charge in [-0.3, -0.25) is 4.57 Å². The van der Waals surface area contributed by atoms with Crippen LogP contribution in [0.15, 0.2) is 23.4 Å². The molecule has 1 aliphatic carbocycles. The molecule has 9 heteroatoms. The maximum Gasteiger partial charge on any atom is 0.273 e. The Morgan fingerprint density at radius 3 is 2.60 bits per heavy atom. The highest BCUT2D eigenvalue weighted by molar-refractivity contribution is 7.89. The molecule has 1 aromatic heterocycles. The number of rotatable bonds is 3. The molecule has 0 radical (unpaired) electrons. The third-order valence-corrected chi connectivity index (χ3v) is 4.12. The molecule has 0 atom stereocenters. The second-order valence-corrected chi connectivity index (χ2v) is 6.41. The molecule has 1 fully saturated rings. The number of aromatic nitrogens is 3. The number of hydrogen-bond acceptors (Lipinski definition) is 4. The van der Waals surface area contributed by atoms with Crippen LogP contribution in [0.2, 0.25) is 5.02 Å². The zero-order chi connectivity index (χ0) is 14.5. The molecule has 1 heterocycles. The van der Waals surface area contributed by atoms with E-state index in [1.54, 1.807) is 0 Å². The molecule has 0 amide bonds. The molecule has 2 aromatic rings. The first kappa shape index (κ1) is 13.5. The third kappa shape index (κ3) is 2.19. The Morgan fingerprint density at radius 1 is 1.35 bits per heavy atom. The van der Waals surface area contributed by atoms with Crippen molar-refractivity contribution in [2.24, 2.45) is 5.14 Å². The highest BCUT2D eigenvalue weighted by atomic mass is 35.5. The third-order valence-electron chi connectivity index (χ3n) is 3.02. The molecule has 20 heavy (non-hydrogen) atoms. The molecule has 0 bridgehead atoms. The highest BCUT2D eigenvalue weighted by Gasteiger charge is 2.34. The van der Waals surface area contributed by atoms with Crippen molar-refractivity contribution in [1.82, 2.24) is 14.8 Å². The van der Waals surface area contributed by atoms with Gasteiger partial charge < -0.3 is 0 Å². The van der Waals surface area contributed by atoms with Gasteiger partial charge in [-0.05, 0) is 25.0 Å². The van der Waals surface area contributed by atoms with Gasteiger partial charge in [-0.2, -0.15) is 0 Å². The minimum absolute atomic E-state index is 0.0310. The average Bonchev–Trinajstić information content (AvgIpc) is 3.08. The summed E-state index contributed by atoms with van der Waals surface area (Å²) in [5.41, 5.74) is 0.0310. The van der Waals surface area contributed by atoms with Gasteiger partial charge in [-0.1, -0.05) is 17.7 Å². The van der Waals surface area contributed by atoms with Crippen molar-refractivity contribution in [1.29, 1.82) is 0 Å². The van der Waals surface area contributed by atoms with Crippen molar-refractivity contribution in [3.05, 3.63) is 29.0 Å². The van der Waals surface area contributed by atoms with Crippen molar-refractivity contribution >= 4 is 21.6 Å². The Bertz CT molecular complexity index is 765. The van der Waals surface area contributed by atoms with E-state index < -0.39 is 15.8 Å². The van der Waals surface area contributed by atoms with Crippen LogP contribution in [0.1, 0.15) is 18.9 Å². The Kier molecular flexibility index (Phi) is 3.03. The first-order valence-electron chi connectivity index (χ1n) is 5.81. The molecule has 0 aliphatic heterocycles. The molecule has 2 N–H and O–H groups in total. The predicted molar refractivity (Wildman–Crippen MR) is 70.1 cm³/mol. The maximum absolute atomic E-state index is 14.0. The maximum atomic E-state index is 14.0. The standard InChI is InChI=1S/C11H10ClFN4O2S/c12-7-2-1-3-8(13)9(7)10-15-16-11(20(14,18)19)17(10)6-4-5-6/h1-3,6H,4-5H2,(H2,14,18,19). The summed E-state index contributed by atoms with van der Waals surface area (Å²) in [7, 11) is -4.03. The molecule has 6 nitrogen and oxygen atoms in total. The zero-order valence-electron chi connectivity index (χ0n) is 10.1. The SMILES string of the molecule is NS(=O)(=O)c1nnc(-c2c(F)cccc2Cl)n1C1CC1. The normalized spacial score (nSPS) is 15.6. The highest BCUT2D eigenvalue weighted by Crippen LogP contribution is 2.41. The summed E-state index contributed by atoms with van der Waals surface area (Å²) < 4.78 is 38.4. The lowest BCUT2D eigenvalue weighted by atomic mass is 10.2. The van der Waals surface area contributed by atoms with Crippen molar-refractivity contribution in [3.63, 3.8) is 0 Å². The lowest BCUT2D eigenvalue weighted by molar-refractivity contribution is 0.566. The minimum atomic E-state index is -4.03. The van der Waals surface area contributed by atoms with Gasteiger partial charge in [-0.25, -0.2) is 17.9 Å². The Balaban J connectivity index is 2.28. The summed E-state index contributed by atoms with van der Waals surface area (Å²) in [6.45, 7) is 0. The number of primary sulfonamides is 1. The van der Waals surface area contributed by atoms with Gasteiger partial charge in [-0.15, -0.1) is 10.2 Å². The summed E-state index contributed by atoms with van der Waals surface area (Å²) in [5.74, 6) is -0.507. The summed E-state index contributed by atoms with van der Waals surface area (Å²) in [6.07, 6.45) is 1.53. The van der Waals surface area contributed by atoms with E-state index in [1.807, 2.05) is 0 Å². The predicted octanol–water partition coefficient (Wildman–Crippen LogP) is 1.72. The van der Waals surface area contributed by atoms with Gasteiger partial charge in [0.15, 0.2) is 5.82 Å². The van der Waals surface area contributed by atoms with Crippen molar-refractivity contribution in [3.8, 4) is 11.4 Å². The largest absolute Gasteiger partial charge is 0.293 e. The van der Waals surface area contributed by atoms with Crippen LogP contribution in [-0.4, -0.2) is 23.2 Å². The number of benzene rings is 1. The number of hydrogen-bond donors (Lipinski definition) is 1. The minimum Gasteiger partial charge on any atom is -0.293 e. The summed E-state index contributed by atoms with van der Waals surface area (Å²) in [6, 6.07) is 4.09. The molecule has 0 saturated heterocycles. The van der Waals surface area contributed by atoms with Crippen LogP contribution < -0.4 is 5.14 Å². The Hall–Kier alpha value is -1.51. The average molecular weight is 317 g/mol. The van der Waals surface area contributed by atoms with E-state index in [4.69, 9.17) is 16.7 Å². The van der Waals surface area contributed by atoms with Crippen LogP contribution in [0, 0.1) is 5.82 Å². The first-order chi connectivity index (χ1) is 9.39. The molecule has 0 unspecified atom stereocenters. The van der Waals surface area contributed by atoms with Crippen LogP contribution in [0.3, 0.4) is 0 Å². The fraction of sp³-hybridized carbons (Fsp3) is 0.273.